The van der Waals surface area contributed by atoms with Crippen LogP contribution in [0.15, 0.2) is 48.5 Å². The van der Waals surface area contributed by atoms with Crippen molar-refractivity contribution in [2.24, 2.45) is 0 Å². The molecule has 2 aromatic rings. The van der Waals surface area contributed by atoms with Crippen LogP contribution in [-0.2, 0) is 0 Å². The summed E-state index contributed by atoms with van der Waals surface area (Å²) in [6.07, 6.45) is 15.8. The van der Waals surface area contributed by atoms with Crippen molar-refractivity contribution in [1.29, 1.82) is 0 Å². The van der Waals surface area contributed by atoms with E-state index in [0.717, 1.165) is 24.4 Å². The molecule has 0 saturated heterocycles. The van der Waals surface area contributed by atoms with E-state index in [1.165, 1.54) is 82.7 Å². The van der Waals surface area contributed by atoms with Crippen LogP contribution in [0.3, 0.4) is 0 Å². The van der Waals surface area contributed by atoms with Crippen molar-refractivity contribution in [2.75, 3.05) is 25.1 Å². The van der Waals surface area contributed by atoms with Gasteiger partial charge in [0.25, 0.3) is 0 Å². The van der Waals surface area contributed by atoms with Gasteiger partial charge < -0.3 is 9.64 Å². The van der Waals surface area contributed by atoms with Gasteiger partial charge in [-0.3, -0.25) is 4.79 Å². The van der Waals surface area contributed by atoms with Crippen LogP contribution in [0.25, 0.3) is 0 Å². The number of anilines is 1. The molecule has 3 nitrogen and oxygen atoms in total. The number of rotatable bonds is 18. The van der Waals surface area contributed by atoms with Crippen molar-refractivity contribution in [3.05, 3.63) is 59.7 Å². The second-order valence-corrected chi connectivity index (χ2v) is 9.13. The van der Waals surface area contributed by atoms with E-state index in [0.29, 0.717) is 5.56 Å². The van der Waals surface area contributed by atoms with Crippen molar-refractivity contribution < 1.29 is 9.53 Å². The van der Waals surface area contributed by atoms with E-state index in [-0.39, 0.29) is 5.78 Å². The van der Waals surface area contributed by atoms with Gasteiger partial charge in [-0.25, -0.2) is 0 Å². The highest BCUT2D eigenvalue weighted by Gasteiger charge is 2.11. The summed E-state index contributed by atoms with van der Waals surface area (Å²) in [5, 5.41) is 0. The molecule has 0 aliphatic carbocycles. The van der Waals surface area contributed by atoms with E-state index in [1.807, 2.05) is 36.4 Å². The zero-order chi connectivity index (χ0) is 23.7. The SMILES string of the molecule is CCCCCCCCN(CCCCCCCC)c1ccc(C(=O)c2ccc(OC)cc2)cc1. The zero-order valence-corrected chi connectivity index (χ0v) is 21.3. The lowest BCUT2D eigenvalue weighted by Gasteiger charge is -2.25. The first-order valence-corrected chi connectivity index (χ1v) is 13.2. The summed E-state index contributed by atoms with van der Waals surface area (Å²) < 4.78 is 5.20. The number of unbranched alkanes of at least 4 members (excludes halogenated alkanes) is 10. The molecule has 0 unspecified atom stereocenters. The number of carbonyl (C=O) groups excluding carboxylic acids is 1. The van der Waals surface area contributed by atoms with Crippen molar-refractivity contribution in [2.45, 2.75) is 90.9 Å². The molecule has 182 valence electrons. The Hall–Kier alpha value is -2.29. The van der Waals surface area contributed by atoms with Crippen molar-refractivity contribution in [3.8, 4) is 5.75 Å². The van der Waals surface area contributed by atoms with Crippen LogP contribution in [0.5, 0.6) is 5.75 Å². The van der Waals surface area contributed by atoms with Crippen molar-refractivity contribution in [3.63, 3.8) is 0 Å². The topological polar surface area (TPSA) is 29.5 Å². The zero-order valence-electron chi connectivity index (χ0n) is 21.3. The van der Waals surface area contributed by atoms with E-state index in [4.69, 9.17) is 4.74 Å². The van der Waals surface area contributed by atoms with Crippen LogP contribution in [0.2, 0.25) is 0 Å². The predicted molar refractivity (Wildman–Crippen MR) is 142 cm³/mol. The largest absolute Gasteiger partial charge is 0.497 e. The molecule has 0 aliphatic heterocycles. The van der Waals surface area contributed by atoms with E-state index in [1.54, 1.807) is 7.11 Å². The first-order valence-electron chi connectivity index (χ1n) is 13.2. The Balaban J connectivity index is 1.95. The molecular weight excluding hydrogens is 406 g/mol. The fourth-order valence-corrected chi connectivity index (χ4v) is 4.27. The molecule has 0 bridgehead atoms. The summed E-state index contributed by atoms with van der Waals surface area (Å²) in [7, 11) is 1.64. The van der Waals surface area contributed by atoms with E-state index in [2.05, 4.69) is 30.9 Å². The molecule has 0 aromatic heterocycles. The van der Waals surface area contributed by atoms with Crippen LogP contribution in [0.1, 0.15) is 107 Å². The summed E-state index contributed by atoms with van der Waals surface area (Å²) in [4.78, 5) is 15.4. The third-order valence-corrected chi connectivity index (χ3v) is 6.41. The highest BCUT2D eigenvalue weighted by molar-refractivity contribution is 6.09. The van der Waals surface area contributed by atoms with Crippen LogP contribution in [0.4, 0.5) is 5.69 Å². The summed E-state index contributed by atoms with van der Waals surface area (Å²) in [5.74, 6) is 0.824. The van der Waals surface area contributed by atoms with Gasteiger partial charge in [0.05, 0.1) is 7.11 Å². The molecule has 0 fully saturated rings. The van der Waals surface area contributed by atoms with Gasteiger partial charge in [0.1, 0.15) is 5.75 Å². The van der Waals surface area contributed by atoms with Gasteiger partial charge in [-0.15, -0.1) is 0 Å². The lowest BCUT2D eigenvalue weighted by Crippen LogP contribution is -2.25. The highest BCUT2D eigenvalue weighted by atomic mass is 16.5. The number of methoxy groups -OCH3 is 1. The predicted octanol–water partition coefficient (Wildman–Crippen LogP) is 8.45. The van der Waals surface area contributed by atoms with E-state index >= 15 is 0 Å². The van der Waals surface area contributed by atoms with Gasteiger partial charge in [0, 0.05) is 29.9 Å². The number of hydrogen-bond donors (Lipinski definition) is 0. The van der Waals surface area contributed by atoms with Gasteiger partial charge in [-0.1, -0.05) is 78.1 Å². The van der Waals surface area contributed by atoms with Crippen LogP contribution >= 0.6 is 0 Å². The molecule has 2 aromatic carbocycles. The molecule has 0 spiro atoms. The number of ketones is 1. The number of nitrogens with zero attached hydrogens (tertiary/aromatic N) is 1. The van der Waals surface area contributed by atoms with Crippen LogP contribution < -0.4 is 9.64 Å². The minimum absolute atomic E-state index is 0.0580. The van der Waals surface area contributed by atoms with Crippen molar-refractivity contribution in [1.82, 2.24) is 0 Å². The fraction of sp³-hybridized carbons (Fsp3) is 0.567. The third kappa shape index (κ3) is 10.0. The monoisotopic (exact) mass is 451 g/mol. The maximum absolute atomic E-state index is 12.9. The maximum Gasteiger partial charge on any atom is 0.193 e. The molecule has 0 amide bonds. The van der Waals surface area contributed by atoms with Crippen LogP contribution in [0, 0.1) is 0 Å². The molecule has 2 rings (SSSR count). The van der Waals surface area contributed by atoms with E-state index < -0.39 is 0 Å². The van der Waals surface area contributed by atoms with Gasteiger partial charge in [0.15, 0.2) is 5.78 Å². The Morgan fingerprint density at radius 2 is 1.06 bits per heavy atom. The summed E-state index contributed by atoms with van der Waals surface area (Å²) in [6, 6.07) is 15.6. The summed E-state index contributed by atoms with van der Waals surface area (Å²) in [6.45, 7) is 6.75. The molecule has 0 aliphatic rings. The molecule has 0 N–H and O–H groups in total. The smallest absolute Gasteiger partial charge is 0.193 e. The first-order chi connectivity index (χ1) is 16.2. The number of hydrogen-bond acceptors (Lipinski definition) is 3. The number of benzene rings is 2. The van der Waals surface area contributed by atoms with Gasteiger partial charge in [0.2, 0.25) is 0 Å². The molecule has 3 heteroatoms. The lowest BCUT2D eigenvalue weighted by molar-refractivity contribution is 0.103. The second kappa shape index (κ2) is 16.3. The third-order valence-electron chi connectivity index (χ3n) is 6.41. The summed E-state index contributed by atoms with van der Waals surface area (Å²) in [5.41, 5.74) is 2.67. The molecule has 0 saturated carbocycles. The molecule has 0 radical (unpaired) electrons. The Morgan fingerprint density at radius 3 is 1.52 bits per heavy atom. The average molecular weight is 452 g/mol. The molecule has 0 atom stereocenters. The standard InChI is InChI=1S/C30H45NO2/c1-4-6-8-10-12-14-24-31(25-15-13-11-9-7-5-2)28-20-16-26(17-21-28)30(32)27-18-22-29(33-3)23-19-27/h16-23H,4-15,24-25H2,1-3H3. The quantitative estimate of drug-likeness (QED) is 0.168. The lowest BCUT2D eigenvalue weighted by atomic mass is 10.0. The highest BCUT2D eigenvalue weighted by Crippen LogP contribution is 2.21. The fourth-order valence-electron chi connectivity index (χ4n) is 4.27. The second-order valence-electron chi connectivity index (χ2n) is 9.13. The normalized spacial score (nSPS) is 10.9. The summed E-state index contributed by atoms with van der Waals surface area (Å²) >= 11 is 0. The average Bonchev–Trinajstić information content (AvgIpc) is 2.86. The first kappa shape index (κ1) is 27.0. The Labute approximate surface area is 202 Å². The van der Waals surface area contributed by atoms with Crippen LogP contribution in [-0.4, -0.2) is 26.0 Å². The van der Waals surface area contributed by atoms with Gasteiger partial charge in [-0.05, 0) is 61.4 Å². The maximum atomic E-state index is 12.9. The Bertz CT molecular complexity index is 751. The number of ether oxygens (including phenoxy) is 1. The molecule has 33 heavy (non-hydrogen) atoms. The molecular formula is C30H45NO2. The Kier molecular flexibility index (Phi) is 13.4. The van der Waals surface area contributed by atoms with Gasteiger partial charge in [-0.2, -0.15) is 0 Å². The molecule has 0 heterocycles. The van der Waals surface area contributed by atoms with Crippen molar-refractivity contribution >= 4 is 11.5 Å². The van der Waals surface area contributed by atoms with Gasteiger partial charge >= 0.3 is 0 Å². The minimum atomic E-state index is 0.0580. The number of carbonyl (C=O) groups is 1. The Morgan fingerprint density at radius 1 is 0.636 bits per heavy atom. The van der Waals surface area contributed by atoms with E-state index in [9.17, 15) is 4.79 Å². The minimum Gasteiger partial charge on any atom is -0.497 e.